The molecule has 0 aliphatic rings. The zero-order valence-corrected chi connectivity index (χ0v) is 11.8. The summed E-state index contributed by atoms with van der Waals surface area (Å²) in [6.45, 7) is 2.05. The Morgan fingerprint density at radius 2 is 1.89 bits per heavy atom. The van der Waals surface area contributed by atoms with E-state index in [4.69, 9.17) is 0 Å². The number of benzene rings is 1. The molecule has 5 heteroatoms. The molecule has 1 aromatic carbocycles. The lowest BCUT2D eigenvalue weighted by atomic mass is 10.2. The van der Waals surface area contributed by atoms with Gasteiger partial charge in [0.1, 0.15) is 11.0 Å². The van der Waals surface area contributed by atoms with Gasteiger partial charge in [-0.1, -0.05) is 22.0 Å². The van der Waals surface area contributed by atoms with Crippen LogP contribution in [0.25, 0.3) is 11.0 Å². The molecule has 3 rings (SSSR count). The molecular formula is C14H11BrN4. The van der Waals surface area contributed by atoms with E-state index in [1.807, 2.05) is 18.2 Å². The number of nitrogens with one attached hydrogen (secondary N) is 1. The Morgan fingerprint density at radius 3 is 2.79 bits per heavy atom. The Kier molecular flexibility index (Phi) is 3.13. The van der Waals surface area contributed by atoms with Crippen molar-refractivity contribution in [3.63, 3.8) is 0 Å². The SMILES string of the molecule is Cc1c(Br)cccc1Nc1cncc2nccnc12. The average molecular weight is 315 g/mol. The summed E-state index contributed by atoms with van der Waals surface area (Å²) < 4.78 is 1.07. The zero-order chi connectivity index (χ0) is 13.2. The van der Waals surface area contributed by atoms with Crippen LogP contribution in [0.1, 0.15) is 5.56 Å². The van der Waals surface area contributed by atoms with Crippen molar-refractivity contribution in [2.75, 3.05) is 5.32 Å². The summed E-state index contributed by atoms with van der Waals surface area (Å²) in [5, 5.41) is 3.36. The van der Waals surface area contributed by atoms with Gasteiger partial charge in [-0.25, -0.2) is 0 Å². The molecule has 0 spiro atoms. The number of pyridine rings is 1. The Balaban J connectivity index is 2.09. The van der Waals surface area contributed by atoms with Crippen LogP contribution in [0.3, 0.4) is 0 Å². The third kappa shape index (κ3) is 2.29. The van der Waals surface area contributed by atoms with E-state index >= 15 is 0 Å². The van der Waals surface area contributed by atoms with Gasteiger partial charge in [-0.05, 0) is 24.6 Å². The summed E-state index contributed by atoms with van der Waals surface area (Å²) in [5.74, 6) is 0. The number of halogens is 1. The summed E-state index contributed by atoms with van der Waals surface area (Å²) in [6, 6.07) is 6.03. The van der Waals surface area contributed by atoms with Crippen LogP contribution in [-0.2, 0) is 0 Å². The van der Waals surface area contributed by atoms with E-state index < -0.39 is 0 Å². The second-order valence-corrected chi connectivity index (χ2v) is 5.00. The van der Waals surface area contributed by atoms with Gasteiger partial charge in [-0.2, -0.15) is 0 Å². The van der Waals surface area contributed by atoms with Crippen LogP contribution in [0.15, 0.2) is 47.5 Å². The summed E-state index contributed by atoms with van der Waals surface area (Å²) >= 11 is 3.53. The molecule has 19 heavy (non-hydrogen) atoms. The van der Waals surface area contributed by atoms with Crippen molar-refractivity contribution < 1.29 is 0 Å². The Bertz CT molecular complexity index is 737. The fourth-order valence-electron chi connectivity index (χ4n) is 1.87. The van der Waals surface area contributed by atoms with Crippen molar-refractivity contribution >= 4 is 38.3 Å². The van der Waals surface area contributed by atoms with Crippen LogP contribution in [0.5, 0.6) is 0 Å². The zero-order valence-electron chi connectivity index (χ0n) is 10.3. The summed E-state index contributed by atoms with van der Waals surface area (Å²) in [4.78, 5) is 12.8. The normalized spacial score (nSPS) is 10.6. The number of fused-ring (bicyclic) bond motifs is 1. The molecule has 0 amide bonds. The van der Waals surface area contributed by atoms with Gasteiger partial charge in [0.25, 0.3) is 0 Å². The van der Waals surface area contributed by atoms with Gasteiger partial charge >= 0.3 is 0 Å². The van der Waals surface area contributed by atoms with E-state index in [0.717, 1.165) is 32.4 Å². The largest absolute Gasteiger partial charge is 0.352 e. The Labute approximate surface area is 119 Å². The van der Waals surface area contributed by atoms with Gasteiger partial charge in [0.05, 0.1) is 18.1 Å². The second-order valence-electron chi connectivity index (χ2n) is 4.15. The van der Waals surface area contributed by atoms with E-state index in [2.05, 4.69) is 43.1 Å². The van der Waals surface area contributed by atoms with Gasteiger partial charge < -0.3 is 5.32 Å². The molecule has 0 atom stereocenters. The van der Waals surface area contributed by atoms with E-state index in [0.29, 0.717) is 0 Å². The molecule has 0 unspecified atom stereocenters. The van der Waals surface area contributed by atoms with Crippen molar-refractivity contribution in [3.05, 3.63) is 53.0 Å². The molecule has 0 bridgehead atoms. The van der Waals surface area contributed by atoms with Crippen molar-refractivity contribution in [1.29, 1.82) is 0 Å². The topological polar surface area (TPSA) is 50.7 Å². The Morgan fingerprint density at radius 1 is 1.05 bits per heavy atom. The van der Waals surface area contributed by atoms with E-state index in [-0.39, 0.29) is 0 Å². The molecule has 0 radical (unpaired) electrons. The maximum absolute atomic E-state index is 4.35. The molecule has 3 aromatic rings. The third-order valence-corrected chi connectivity index (χ3v) is 3.78. The molecular weight excluding hydrogens is 304 g/mol. The van der Waals surface area contributed by atoms with Gasteiger partial charge in [0.15, 0.2) is 0 Å². The first kappa shape index (κ1) is 12.0. The quantitative estimate of drug-likeness (QED) is 0.780. The maximum Gasteiger partial charge on any atom is 0.115 e. The highest BCUT2D eigenvalue weighted by molar-refractivity contribution is 9.10. The van der Waals surface area contributed by atoms with Crippen molar-refractivity contribution in [2.45, 2.75) is 6.92 Å². The molecule has 2 aromatic heterocycles. The van der Waals surface area contributed by atoms with E-state index in [9.17, 15) is 0 Å². The lowest BCUT2D eigenvalue weighted by Gasteiger charge is -2.11. The number of aromatic nitrogens is 3. The molecule has 4 nitrogen and oxygen atoms in total. The molecule has 0 aliphatic carbocycles. The minimum Gasteiger partial charge on any atom is -0.352 e. The van der Waals surface area contributed by atoms with Crippen LogP contribution in [0.2, 0.25) is 0 Å². The minimum atomic E-state index is 0.778. The number of hydrogen-bond acceptors (Lipinski definition) is 4. The average Bonchev–Trinajstić information content (AvgIpc) is 2.44. The lowest BCUT2D eigenvalue weighted by molar-refractivity contribution is 1.24. The summed E-state index contributed by atoms with van der Waals surface area (Å²) in [6.07, 6.45) is 6.82. The highest BCUT2D eigenvalue weighted by Gasteiger charge is 2.06. The van der Waals surface area contributed by atoms with Gasteiger partial charge in [-0.15, -0.1) is 0 Å². The van der Waals surface area contributed by atoms with Crippen molar-refractivity contribution in [2.24, 2.45) is 0 Å². The molecule has 1 N–H and O–H groups in total. The van der Waals surface area contributed by atoms with Crippen LogP contribution < -0.4 is 5.32 Å². The number of rotatable bonds is 2. The fraction of sp³-hybridized carbons (Fsp3) is 0.0714. The molecule has 94 valence electrons. The minimum absolute atomic E-state index is 0.778. The lowest BCUT2D eigenvalue weighted by Crippen LogP contribution is -1.97. The van der Waals surface area contributed by atoms with E-state index in [1.54, 1.807) is 24.8 Å². The predicted octanol–water partition coefficient (Wildman–Crippen LogP) is 3.84. The second kappa shape index (κ2) is 4.93. The summed E-state index contributed by atoms with van der Waals surface area (Å²) in [5.41, 5.74) is 4.61. The van der Waals surface area contributed by atoms with Crippen LogP contribution in [0, 0.1) is 6.92 Å². The highest BCUT2D eigenvalue weighted by Crippen LogP contribution is 2.28. The Hall–Kier alpha value is -2.01. The van der Waals surface area contributed by atoms with Gasteiger partial charge in [0.2, 0.25) is 0 Å². The van der Waals surface area contributed by atoms with Crippen LogP contribution >= 0.6 is 15.9 Å². The van der Waals surface area contributed by atoms with Crippen molar-refractivity contribution in [1.82, 2.24) is 15.0 Å². The smallest absolute Gasteiger partial charge is 0.115 e. The third-order valence-electron chi connectivity index (χ3n) is 2.92. The fourth-order valence-corrected chi connectivity index (χ4v) is 2.24. The molecule has 0 saturated heterocycles. The maximum atomic E-state index is 4.35. The number of nitrogens with zero attached hydrogens (tertiary/aromatic N) is 3. The van der Waals surface area contributed by atoms with Crippen LogP contribution in [-0.4, -0.2) is 15.0 Å². The molecule has 0 aliphatic heterocycles. The van der Waals surface area contributed by atoms with Crippen molar-refractivity contribution in [3.8, 4) is 0 Å². The number of anilines is 2. The standard InChI is InChI=1S/C14H11BrN4/c1-9-10(15)3-2-4-11(9)19-13-8-16-7-12-14(13)18-6-5-17-12/h2-8,19H,1H3. The first-order valence-electron chi connectivity index (χ1n) is 5.82. The first-order chi connectivity index (χ1) is 9.25. The molecule has 2 heterocycles. The number of hydrogen-bond donors (Lipinski definition) is 1. The first-order valence-corrected chi connectivity index (χ1v) is 6.62. The monoisotopic (exact) mass is 314 g/mol. The van der Waals surface area contributed by atoms with Gasteiger partial charge in [0, 0.05) is 22.6 Å². The van der Waals surface area contributed by atoms with Crippen LogP contribution in [0.4, 0.5) is 11.4 Å². The highest BCUT2D eigenvalue weighted by atomic mass is 79.9. The van der Waals surface area contributed by atoms with Gasteiger partial charge in [-0.3, -0.25) is 15.0 Å². The molecule has 0 fully saturated rings. The summed E-state index contributed by atoms with van der Waals surface area (Å²) in [7, 11) is 0. The van der Waals surface area contributed by atoms with E-state index in [1.165, 1.54) is 0 Å². The molecule has 0 saturated carbocycles. The predicted molar refractivity (Wildman–Crippen MR) is 79.5 cm³/mol.